The van der Waals surface area contributed by atoms with Crippen LogP contribution in [0.15, 0.2) is 71.8 Å². The van der Waals surface area contributed by atoms with E-state index in [1.54, 1.807) is 44.3 Å². The molecule has 0 radical (unpaired) electrons. The molecule has 2 heterocycles. The third-order valence-electron chi connectivity index (χ3n) is 4.86. The summed E-state index contributed by atoms with van der Waals surface area (Å²) in [5.41, 5.74) is 3.93. The van der Waals surface area contributed by atoms with Crippen LogP contribution in [0.25, 0.3) is 22.0 Å². The van der Waals surface area contributed by atoms with Gasteiger partial charge in [-0.1, -0.05) is 6.07 Å². The first-order valence-electron chi connectivity index (χ1n) is 9.13. The second-order valence-electron chi connectivity index (χ2n) is 6.66. The molecule has 0 aliphatic carbocycles. The highest BCUT2D eigenvalue weighted by Gasteiger charge is 2.12. The molecule has 146 valence electrons. The van der Waals surface area contributed by atoms with Gasteiger partial charge in [0.05, 0.1) is 19.7 Å². The number of fused-ring (bicyclic) bond motifs is 1. The molecule has 0 saturated carbocycles. The van der Waals surface area contributed by atoms with E-state index < -0.39 is 0 Å². The molecule has 0 saturated heterocycles. The summed E-state index contributed by atoms with van der Waals surface area (Å²) in [6.07, 6.45) is 3.46. The summed E-state index contributed by atoms with van der Waals surface area (Å²) >= 11 is 0. The van der Waals surface area contributed by atoms with Gasteiger partial charge < -0.3 is 19.4 Å². The number of benzene rings is 2. The molecule has 4 rings (SSSR count). The number of aryl methyl sites for hydroxylation is 1. The number of hydrogen-bond donors (Lipinski definition) is 1. The van der Waals surface area contributed by atoms with Gasteiger partial charge in [-0.25, -0.2) is 0 Å². The Hall–Kier alpha value is -3.80. The molecule has 4 aromatic rings. The number of nitrogens with one attached hydrogen (secondary N) is 1. The van der Waals surface area contributed by atoms with Gasteiger partial charge in [-0.2, -0.15) is 0 Å². The number of hydrogen-bond acceptors (Lipinski definition) is 5. The van der Waals surface area contributed by atoms with Crippen LogP contribution in [0.2, 0.25) is 0 Å². The van der Waals surface area contributed by atoms with Crippen molar-refractivity contribution < 1.29 is 9.47 Å². The van der Waals surface area contributed by atoms with Crippen LogP contribution in [-0.2, 0) is 7.05 Å². The third kappa shape index (κ3) is 3.65. The van der Waals surface area contributed by atoms with E-state index in [-0.39, 0.29) is 5.56 Å². The quantitative estimate of drug-likeness (QED) is 0.551. The zero-order valence-corrected chi connectivity index (χ0v) is 16.5. The van der Waals surface area contributed by atoms with Crippen molar-refractivity contribution in [1.29, 1.82) is 0 Å². The molecule has 0 unspecified atom stereocenters. The minimum Gasteiger partial charge on any atom is -0.497 e. The molecule has 0 aliphatic heterocycles. The molecule has 1 N–H and O–H groups in total. The summed E-state index contributed by atoms with van der Waals surface area (Å²) in [6.45, 7) is 0. The van der Waals surface area contributed by atoms with Gasteiger partial charge in [0.25, 0.3) is 5.56 Å². The summed E-state index contributed by atoms with van der Waals surface area (Å²) in [5.74, 6) is 1.27. The fraction of sp³-hybridized carbons (Fsp3) is 0.130. The first kappa shape index (κ1) is 18.6. The number of anilines is 2. The van der Waals surface area contributed by atoms with Crippen molar-refractivity contribution in [2.24, 2.45) is 7.05 Å². The number of rotatable bonds is 5. The van der Waals surface area contributed by atoms with Crippen molar-refractivity contribution in [3.63, 3.8) is 0 Å². The van der Waals surface area contributed by atoms with Crippen LogP contribution >= 0.6 is 0 Å². The van der Waals surface area contributed by atoms with Crippen LogP contribution in [0, 0.1) is 0 Å². The minimum atomic E-state index is -0.0890. The molecule has 0 aliphatic rings. The lowest BCUT2D eigenvalue weighted by Gasteiger charge is -2.13. The summed E-state index contributed by atoms with van der Waals surface area (Å²) in [4.78, 5) is 17.1. The van der Waals surface area contributed by atoms with Gasteiger partial charge in [-0.3, -0.25) is 9.78 Å². The van der Waals surface area contributed by atoms with E-state index in [2.05, 4.69) is 10.3 Å². The number of pyridine rings is 2. The Balaban J connectivity index is 1.81. The predicted molar refractivity (Wildman–Crippen MR) is 115 cm³/mol. The first-order valence-corrected chi connectivity index (χ1v) is 9.13. The van der Waals surface area contributed by atoms with Crippen LogP contribution in [-0.4, -0.2) is 23.8 Å². The van der Waals surface area contributed by atoms with Crippen LogP contribution in [0.3, 0.4) is 0 Å². The third-order valence-corrected chi connectivity index (χ3v) is 4.86. The van der Waals surface area contributed by atoms with E-state index in [1.807, 2.05) is 48.5 Å². The standard InChI is InChI=1S/C23H21N3O3/c1-26-22-13-18(25-17-6-8-24-9-7-17)5-4-15(22)12-21(23(26)27)16-10-19(28-2)14-20(11-16)29-3/h4-14H,1-3H3,(H,24,25). The molecule has 0 spiro atoms. The lowest BCUT2D eigenvalue weighted by Crippen LogP contribution is -2.19. The molecule has 2 aromatic carbocycles. The van der Waals surface area contributed by atoms with Crippen molar-refractivity contribution in [3.05, 3.63) is 77.3 Å². The van der Waals surface area contributed by atoms with E-state index in [0.717, 1.165) is 27.8 Å². The molecular formula is C23H21N3O3. The van der Waals surface area contributed by atoms with E-state index in [9.17, 15) is 4.79 Å². The predicted octanol–water partition coefficient (Wildman–Crippen LogP) is 4.36. The Morgan fingerprint density at radius 3 is 2.21 bits per heavy atom. The maximum Gasteiger partial charge on any atom is 0.258 e. The maximum atomic E-state index is 13.1. The van der Waals surface area contributed by atoms with Gasteiger partial charge >= 0.3 is 0 Å². The highest BCUT2D eigenvalue weighted by Crippen LogP contribution is 2.30. The van der Waals surface area contributed by atoms with Gasteiger partial charge in [0.1, 0.15) is 11.5 Å². The monoisotopic (exact) mass is 387 g/mol. The number of nitrogens with zero attached hydrogens (tertiary/aromatic N) is 2. The SMILES string of the molecule is COc1cc(OC)cc(-c2cc3ccc(Nc4ccncc4)cc3n(C)c2=O)c1. The van der Waals surface area contributed by atoms with Gasteiger partial charge in [-0.15, -0.1) is 0 Å². The Morgan fingerprint density at radius 1 is 0.862 bits per heavy atom. The van der Waals surface area contributed by atoms with Gasteiger partial charge in [-0.05, 0) is 53.4 Å². The summed E-state index contributed by atoms with van der Waals surface area (Å²) < 4.78 is 12.4. The van der Waals surface area contributed by atoms with Gasteiger partial charge in [0, 0.05) is 42.4 Å². The van der Waals surface area contributed by atoms with Crippen molar-refractivity contribution >= 4 is 22.3 Å². The van der Waals surface area contributed by atoms with Crippen LogP contribution in [0.5, 0.6) is 11.5 Å². The van der Waals surface area contributed by atoms with Crippen LogP contribution in [0.4, 0.5) is 11.4 Å². The fourth-order valence-corrected chi connectivity index (χ4v) is 3.31. The zero-order chi connectivity index (χ0) is 20.4. The molecule has 0 amide bonds. The Morgan fingerprint density at radius 2 is 1.55 bits per heavy atom. The van der Waals surface area contributed by atoms with E-state index in [4.69, 9.17) is 9.47 Å². The number of aromatic nitrogens is 2. The molecule has 6 heteroatoms. The number of ether oxygens (including phenoxy) is 2. The maximum absolute atomic E-state index is 13.1. The highest BCUT2D eigenvalue weighted by atomic mass is 16.5. The molecule has 6 nitrogen and oxygen atoms in total. The zero-order valence-electron chi connectivity index (χ0n) is 16.5. The summed E-state index contributed by atoms with van der Waals surface area (Å²) in [5, 5.41) is 4.29. The average molecular weight is 387 g/mol. The Kier molecular flexibility index (Phi) is 4.91. The Labute approximate surface area is 168 Å². The highest BCUT2D eigenvalue weighted by molar-refractivity contribution is 5.87. The van der Waals surface area contributed by atoms with E-state index >= 15 is 0 Å². The second-order valence-corrected chi connectivity index (χ2v) is 6.66. The van der Waals surface area contributed by atoms with Crippen molar-refractivity contribution in [2.75, 3.05) is 19.5 Å². The summed E-state index contributed by atoms with van der Waals surface area (Å²) in [7, 11) is 4.96. The smallest absolute Gasteiger partial charge is 0.258 e. The molecular weight excluding hydrogens is 366 g/mol. The lowest BCUT2D eigenvalue weighted by atomic mass is 10.0. The van der Waals surface area contributed by atoms with Crippen molar-refractivity contribution in [1.82, 2.24) is 9.55 Å². The Bertz CT molecular complexity index is 1210. The number of methoxy groups -OCH3 is 2. The molecule has 29 heavy (non-hydrogen) atoms. The van der Waals surface area contributed by atoms with Crippen LogP contribution in [0.1, 0.15) is 0 Å². The van der Waals surface area contributed by atoms with E-state index in [0.29, 0.717) is 17.1 Å². The minimum absolute atomic E-state index is 0.0890. The molecule has 2 aromatic heterocycles. The van der Waals surface area contributed by atoms with E-state index in [1.165, 1.54) is 0 Å². The molecule has 0 fully saturated rings. The average Bonchev–Trinajstić information content (AvgIpc) is 2.76. The largest absolute Gasteiger partial charge is 0.497 e. The fourth-order valence-electron chi connectivity index (χ4n) is 3.31. The van der Waals surface area contributed by atoms with Crippen LogP contribution < -0.4 is 20.3 Å². The van der Waals surface area contributed by atoms with Crippen molar-refractivity contribution in [3.8, 4) is 22.6 Å². The van der Waals surface area contributed by atoms with Crippen molar-refractivity contribution in [2.45, 2.75) is 0 Å². The first-order chi connectivity index (χ1) is 14.1. The van der Waals surface area contributed by atoms with Gasteiger partial charge in [0.15, 0.2) is 0 Å². The summed E-state index contributed by atoms with van der Waals surface area (Å²) in [6, 6.07) is 17.1. The topological polar surface area (TPSA) is 65.4 Å². The second kappa shape index (κ2) is 7.67. The molecule has 0 atom stereocenters. The van der Waals surface area contributed by atoms with Gasteiger partial charge in [0.2, 0.25) is 0 Å². The normalized spacial score (nSPS) is 10.7. The molecule has 0 bridgehead atoms. The lowest BCUT2D eigenvalue weighted by molar-refractivity contribution is 0.394.